The van der Waals surface area contributed by atoms with Crippen molar-refractivity contribution < 1.29 is 4.74 Å². The molecule has 3 rings (SSSR count). The Kier molecular flexibility index (Phi) is 3.42. The molecule has 2 unspecified atom stereocenters. The monoisotopic (exact) mass is 238 g/mol. The van der Waals surface area contributed by atoms with Crippen molar-refractivity contribution in [2.45, 2.75) is 38.1 Å². The number of ether oxygens (including phenoxy) is 1. The zero-order valence-electron chi connectivity index (χ0n) is 11.1. The summed E-state index contributed by atoms with van der Waals surface area (Å²) in [5, 5.41) is 3.48. The highest BCUT2D eigenvalue weighted by Crippen LogP contribution is 2.40. The fraction of sp³-hybridized carbons (Fsp3) is 1.00. The van der Waals surface area contributed by atoms with Crippen LogP contribution in [0.15, 0.2) is 0 Å². The minimum atomic E-state index is 0.435. The first-order chi connectivity index (χ1) is 8.31. The maximum Gasteiger partial charge on any atom is 0.0531 e. The second-order valence-corrected chi connectivity index (χ2v) is 6.45. The van der Waals surface area contributed by atoms with E-state index < -0.39 is 0 Å². The summed E-state index contributed by atoms with van der Waals surface area (Å²) >= 11 is 0. The van der Waals surface area contributed by atoms with Crippen LogP contribution in [0.3, 0.4) is 0 Å². The summed E-state index contributed by atoms with van der Waals surface area (Å²) in [4.78, 5) is 2.78. The number of piperidine rings is 2. The molecule has 3 nitrogen and oxygen atoms in total. The largest absolute Gasteiger partial charge is 0.384 e. The van der Waals surface area contributed by atoms with Gasteiger partial charge in [0.15, 0.2) is 0 Å². The molecule has 0 spiro atoms. The smallest absolute Gasteiger partial charge is 0.0531 e. The number of nitrogens with zero attached hydrogens (tertiary/aromatic N) is 1. The lowest BCUT2D eigenvalue weighted by atomic mass is 9.79. The Labute approximate surface area is 105 Å². The van der Waals surface area contributed by atoms with Crippen LogP contribution in [0.5, 0.6) is 0 Å². The van der Waals surface area contributed by atoms with Crippen molar-refractivity contribution in [2.75, 3.05) is 39.9 Å². The molecule has 2 atom stereocenters. The first-order valence-corrected chi connectivity index (χ1v) is 7.25. The minimum Gasteiger partial charge on any atom is -0.384 e. The molecule has 3 aliphatic rings. The Morgan fingerprint density at radius 2 is 2.12 bits per heavy atom. The molecule has 17 heavy (non-hydrogen) atoms. The van der Waals surface area contributed by atoms with Crippen molar-refractivity contribution in [2.24, 2.45) is 11.3 Å². The van der Waals surface area contributed by atoms with Crippen LogP contribution in [-0.2, 0) is 4.74 Å². The summed E-state index contributed by atoms with van der Waals surface area (Å²) < 4.78 is 5.52. The molecule has 1 aliphatic carbocycles. The fourth-order valence-corrected chi connectivity index (χ4v) is 4.26. The molecular weight excluding hydrogens is 212 g/mol. The summed E-state index contributed by atoms with van der Waals surface area (Å²) in [7, 11) is 1.86. The lowest BCUT2D eigenvalue weighted by Gasteiger charge is -2.42. The molecule has 2 heterocycles. The highest BCUT2D eigenvalue weighted by Gasteiger charge is 2.42. The number of methoxy groups -OCH3 is 1. The molecule has 3 fully saturated rings. The van der Waals surface area contributed by atoms with E-state index in [1.165, 1.54) is 58.3 Å². The third-order valence-electron chi connectivity index (χ3n) is 5.18. The number of rotatable bonds is 4. The van der Waals surface area contributed by atoms with Gasteiger partial charge in [-0.3, -0.25) is 4.90 Å². The van der Waals surface area contributed by atoms with Gasteiger partial charge in [-0.2, -0.15) is 0 Å². The Bertz CT molecular complexity index is 257. The maximum absolute atomic E-state index is 5.52. The van der Waals surface area contributed by atoms with Crippen LogP contribution in [0, 0.1) is 11.3 Å². The van der Waals surface area contributed by atoms with Crippen LogP contribution in [0.4, 0.5) is 0 Å². The van der Waals surface area contributed by atoms with Gasteiger partial charge in [0.25, 0.3) is 0 Å². The van der Waals surface area contributed by atoms with Gasteiger partial charge in [-0.1, -0.05) is 0 Å². The topological polar surface area (TPSA) is 24.5 Å². The molecule has 1 N–H and O–H groups in total. The van der Waals surface area contributed by atoms with Gasteiger partial charge in [0.2, 0.25) is 0 Å². The number of likely N-dealkylation sites (tertiary alicyclic amines) is 1. The number of fused-ring (bicyclic) bond motifs is 2. The van der Waals surface area contributed by atoms with E-state index in [0.717, 1.165) is 18.6 Å². The Morgan fingerprint density at radius 3 is 2.71 bits per heavy atom. The molecule has 1 saturated carbocycles. The quantitative estimate of drug-likeness (QED) is 0.803. The molecule has 0 aromatic rings. The lowest BCUT2D eigenvalue weighted by molar-refractivity contribution is 0.0144. The van der Waals surface area contributed by atoms with E-state index >= 15 is 0 Å². The van der Waals surface area contributed by atoms with Crippen LogP contribution in [-0.4, -0.2) is 50.8 Å². The molecular formula is C14H26N2O. The molecule has 2 aliphatic heterocycles. The third kappa shape index (κ3) is 2.38. The Morgan fingerprint density at radius 1 is 1.29 bits per heavy atom. The van der Waals surface area contributed by atoms with Gasteiger partial charge < -0.3 is 10.1 Å². The second kappa shape index (κ2) is 4.87. The first kappa shape index (κ1) is 11.9. The normalized spacial score (nSPS) is 36.5. The van der Waals surface area contributed by atoms with Gasteiger partial charge in [-0.25, -0.2) is 0 Å². The highest BCUT2D eigenvalue weighted by molar-refractivity contribution is 4.96. The van der Waals surface area contributed by atoms with Gasteiger partial charge in [-0.05, 0) is 51.1 Å². The van der Waals surface area contributed by atoms with Crippen molar-refractivity contribution >= 4 is 0 Å². The van der Waals surface area contributed by atoms with Crippen molar-refractivity contribution in [1.29, 1.82) is 0 Å². The third-order valence-corrected chi connectivity index (χ3v) is 5.18. The van der Waals surface area contributed by atoms with Crippen molar-refractivity contribution in [3.8, 4) is 0 Å². The zero-order valence-corrected chi connectivity index (χ0v) is 11.1. The van der Waals surface area contributed by atoms with Crippen LogP contribution in [0.25, 0.3) is 0 Å². The summed E-state index contributed by atoms with van der Waals surface area (Å²) in [6, 6.07) is 0.906. The molecule has 98 valence electrons. The van der Waals surface area contributed by atoms with E-state index in [9.17, 15) is 0 Å². The van der Waals surface area contributed by atoms with E-state index in [4.69, 9.17) is 4.74 Å². The van der Waals surface area contributed by atoms with E-state index in [-0.39, 0.29) is 0 Å². The maximum atomic E-state index is 5.52. The molecule has 2 saturated heterocycles. The van der Waals surface area contributed by atoms with Gasteiger partial charge >= 0.3 is 0 Å². The van der Waals surface area contributed by atoms with Gasteiger partial charge in [-0.15, -0.1) is 0 Å². The number of hydrogen-bond donors (Lipinski definition) is 1. The van der Waals surface area contributed by atoms with E-state index in [2.05, 4.69) is 10.2 Å². The molecule has 2 bridgehead atoms. The van der Waals surface area contributed by atoms with E-state index in [1.807, 2.05) is 7.11 Å². The van der Waals surface area contributed by atoms with E-state index in [0.29, 0.717) is 5.41 Å². The Hall–Kier alpha value is -0.120. The van der Waals surface area contributed by atoms with Crippen LogP contribution in [0.1, 0.15) is 32.1 Å². The Balaban J connectivity index is 1.63. The summed E-state index contributed by atoms with van der Waals surface area (Å²) in [5.74, 6) is 1.02. The highest BCUT2D eigenvalue weighted by atomic mass is 16.5. The molecule has 0 aromatic carbocycles. The van der Waals surface area contributed by atoms with Gasteiger partial charge in [0.05, 0.1) is 6.61 Å². The fourth-order valence-electron chi connectivity index (χ4n) is 4.26. The minimum absolute atomic E-state index is 0.435. The van der Waals surface area contributed by atoms with Gasteiger partial charge in [0.1, 0.15) is 0 Å². The van der Waals surface area contributed by atoms with Crippen molar-refractivity contribution in [1.82, 2.24) is 10.2 Å². The van der Waals surface area contributed by atoms with Gasteiger partial charge in [0, 0.05) is 31.7 Å². The summed E-state index contributed by atoms with van der Waals surface area (Å²) in [6.07, 6.45) is 6.98. The second-order valence-electron chi connectivity index (χ2n) is 6.45. The molecule has 0 radical (unpaired) electrons. The molecule has 0 amide bonds. The van der Waals surface area contributed by atoms with Crippen LogP contribution < -0.4 is 5.32 Å². The summed E-state index contributed by atoms with van der Waals surface area (Å²) in [6.45, 7) is 5.94. The van der Waals surface area contributed by atoms with Crippen molar-refractivity contribution in [3.63, 3.8) is 0 Å². The average Bonchev–Trinajstić information content (AvgIpc) is 2.92. The predicted octanol–water partition coefficient (Wildman–Crippen LogP) is 1.49. The summed E-state index contributed by atoms with van der Waals surface area (Å²) in [5.41, 5.74) is 0.435. The average molecular weight is 238 g/mol. The SMILES string of the molecule is COCC1(CN2CC3CCC2C3)CCNCC1. The van der Waals surface area contributed by atoms with Crippen LogP contribution in [0.2, 0.25) is 0 Å². The standard InChI is InChI=1S/C14H26N2O/c1-17-11-14(4-6-15-7-5-14)10-16-9-12-2-3-13(16)8-12/h12-13,15H,2-11H2,1H3. The predicted molar refractivity (Wildman–Crippen MR) is 69.1 cm³/mol. The lowest BCUT2D eigenvalue weighted by Crippen LogP contribution is -2.49. The number of nitrogens with one attached hydrogen (secondary N) is 1. The first-order valence-electron chi connectivity index (χ1n) is 7.25. The van der Waals surface area contributed by atoms with E-state index in [1.54, 1.807) is 0 Å². The van der Waals surface area contributed by atoms with Crippen molar-refractivity contribution in [3.05, 3.63) is 0 Å². The zero-order chi connectivity index (χ0) is 11.7. The molecule has 3 heteroatoms. The van der Waals surface area contributed by atoms with Crippen LogP contribution >= 0.6 is 0 Å². The molecule has 0 aromatic heterocycles. The number of hydrogen-bond acceptors (Lipinski definition) is 3.